The number of carbonyl (C=O) groups excluding carboxylic acids is 1. The van der Waals surface area contributed by atoms with Crippen LogP contribution in [-0.4, -0.2) is 40.8 Å². The molecule has 0 spiro atoms. The van der Waals surface area contributed by atoms with Gasteiger partial charge in [0.25, 0.3) is 0 Å². The van der Waals surface area contributed by atoms with Crippen LogP contribution < -0.4 is 19.1 Å². The van der Waals surface area contributed by atoms with Crippen LogP contribution >= 0.6 is 11.6 Å². The summed E-state index contributed by atoms with van der Waals surface area (Å²) in [5.41, 5.74) is 1.67. The zero-order valence-electron chi connectivity index (χ0n) is 17.0. The number of halogens is 1. The Morgan fingerprint density at radius 2 is 1.76 bits per heavy atom. The number of nitrogens with zero attached hydrogens (tertiary/aromatic N) is 1. The molecule has 0 saturated carbocycles. The molecule has 1 N–H and O–H groups in total. The van der Waals surface area contributed by atoms with Gasteiger partial charge in [-0.05, 0) is 49.2 Å². The Kier molecular flexibility index (Phi) is 7.37. The predicted molar refractivity (Wildman–Crippen MR) is 116 cm³/mol. The summed E-state index contributed by atoms with van der Waals surface area (Å²) in [5, 5.41) is 3.03. The van der Waals surface area contributed by atoms with Gasteiger partial charge in [-0.1, -0.05) is 24.6 Å². The third-order valence-electron chi connectivity index (χ3n) is 4.33. The number of nitrogens with one attached hydrogen (secondary N) is 1. The van der Waals surface area contributed by atoms with Crippen molar-refractivity contribution >= 4 is 38.9 Å². The molecule has 0 bridgehead atoms. The summed E-state index contributed by atoms with van der Waals surface area (Å²) in [6.45, 7) is 3.62. The molecule has 1 atom stereocenters. The number of anilines is 2. The van der Waals surface area contributed by atoms with E-state index in [1.54, 1.807) is 31.2 Å². The van der Waals surface area contributed by atoms with E-state index in [1.807, 2.05) is 13.0 Å². The van der Waals surface area contributed by atoms with Crippen molar-refractivity contribution in [3.8, 4) is 11.5 Å². The lowest BCUT2D eigenvalue weighted by atomic mass is 10.1. The molecule has 9 heteroatoms. The quantitative estimate of drug-likeness (QED) is 0.673. The summed E-state index contributed by atoms with van der Waals surface area (Å²) >= 11 is 6.17. The van der Waals surface area contributed by atoms with E-state index in [0.29, 0.717) is 17.2 Å². The first kappa shape index (κ1) is 22.8. The van der Waals surface area contributed by atoms with Gasteiger partial charge in [0.2, 0.25) is 15.9 Å². The van der Waals surface area contributed by atoms with Gasteiger partial charge in [-0.3, -0.25) is 9.10 Å². The van der Waals surface area contributed by atoms with Crippen LogP contribution in [0.25, 0.3) is 0 Å². The molecule has 0 aliphatic heterocycles. The molecule has 0 heterocycles. The van der Waals surface area contributed by atoms with Gasteiger partial charge in [0.15, 0.2) is 0 Å². The van der Waals surface area contributed by atoms with Crippen LogP contribution in [-0.2, 0) is 14.8 Å². The number of ether oxygens (including phenoxy) is 2. The minimum absolute atomic E-state index is 0.245. The number of hydrogen-bond donors (Lipinski definition) is 1. The fourth-order valence-electron chi connectivity index (χ4n) is 2.99. The fraction of sp³-hybridized carbons (Fsp3) is 0.350. The Labute approximate surface area is 176 Å². The van der Waals surface area contributed by atoms with Crippen LogP contribution in [0, 0.1) is 6.92 Å². The number of methoxy groups -OCH3 is 2. The molecule has 29 heavy (non-hydrogen) atoms. The maximum Gasteiger partial charge on any atom is 0.248 e. The second kappa shape index (κ2) is 9.37. The van der Waals surface area contributed by atoms with Gasteiger partial charge >= 0.3 is 0 Å². The first-order valence-corrected chi connectivity index (χ1v) is 11.1. The Morgan fingerprint density at radius 3 is 2.28 bits per heavy atom. The highest BCUT2D eigenvalue weighted by Crippen LogP contribution is 2.32. The summed E-state index contributed by atoms with van der Waals surface area (Å²) in [6, 6.07) is 8.94. The molecule has 158 valence electrons. The highest BCUT2D eigenvalue weighted by atomic mass is 35.5. The monoisotopic (exact) mass is 440 g/mol. The first-order chi connectivity index (χ1) is 13.6. The van der Waals surface area contributed by atoms with Gasteiger partial charge in [-0.15, -0.1) is 0 Å². The molecule has 0 aromatic heterocycles. The van der Waals surface area contributed by atoms with E-state index >= 15 is 0 Å². The molecule has 0 saturated heterocycles. The maximum absolute atomic E-state index is 13.1. The van der Waals surface area contributed by atoms with Gasteiger partial charge in [-0.2, -0.15) is 0 Å². The van der Waals surface area contributed by atoms with Crippen LogP contribution in [0.1, 0.15) is 18.9 Å². The Morgan fingerprint density at radius 1 is 1.14 bits per heavy atom. The van der Waals surface area contributed by atoms with E-state index in [-0.39, 0.29) is 17.1 Å². The van der Waals surface area contributed by atoms with Crippen LogP contribution in [0.4, 0.5) is 11.4 Å². The van der Waals surface area contributed by atoms with E-state index in [9.17, 15) is 13.2 Å². The largest absolute Gasteiger partial charge is 0.495 e. The minimum atomic E-state index is -3.78. The first-order valence-electron chi connectivity index (χ1n) is 8.90. The summed E-state index contributed by atoms with van der Waals surface area (Å²) in [6.07, 6.45) is 1.30. The standard InChI is InChI=1S/C20H25ClN2O5S/c1-6-17(20(24)22-16-11-13(2)7-9-19(16)28-4)23(29(5,25)26)14-8-10-18(27-3)15(21)12-14/h7-12,17H,6H2,1-5H3,(H,22,24). The molecule has 0 aliphatic rings. The molecule has 0 fully saturated rings. The van der Waals surface area contributed by atoms with Crippen LogP contribution in [0.3, 0.4) is 0 Å². The fourth-order valence-corrected chi connectivity index (χ4v) is 4.44. The van der Waals surface area contributed by atoms with Crippen molar-refractivity contribution in [3.05, 3.63) is 47.0 Å². The molecule has 2 rings (SSSR count). The number of benzene rings is 2. The normalized spacial score (nSPS) is 12.2. The number of sulfonamides is 1. The second-order valence-corrected chi connectivity index (χ2v) is 8.76. The number of rotatable bonds is 8. The lowest BCUT2D eigenvalue weighted by molar-refractivity contribution is -0.117. The van der Waals surface area contributed by atoms with Gasteiger partial charge in [0.05, 0.1) is 36.9 Å². The van der Waals surface area contributed by atoms with E-state index in [0.717, 1.165) is 16.1 Å². The maximum atomic E-state index is 13.1. The smallest absolute Gasteiger partial charge is 0.248 e. The third kappa shape index (κ3) is 5.33. The second-order valence-electron chi connectivity index (χ2n) is 6.49. The SMILES string of the molecule is CCC(C(=O)Nc1cc(C)ccc1OC)N(c1ccc(OC)c(Cl)c1)S(C)(=O)=O. The molecule has 2 aromatic carbocycles. The predicted octanol–water partition coefficient (Wildman–Crippen LogP) is 3.85. The molecular weight excluding hydrogens is 416 g/mol. The van der Waals surface area contributed by atoms with Crippen LogP contribution in [0.2, 0.25) is 5.02 Å². The van der Waals surface area contributed by atoms with Crippen LogP contribution in [0.15, 0.2) is 36.4 Å². The number of hydrogen-bond acceptors (Lipinski definition) is 5. The molecule has 2 aromatic rings. The van der Waals surface area contributed by atoms with Crippen molar-refractivity contribution in [1.82, 2.24) is 0 Å². The molecular formula is C20H25ClN2O5S. The minimum Gasteiger partial charge on any atom is -0.495 e. The number of aryl methyl sites for hydroxylation is 1. The summed E-state index contributed by atoms with van der Waals surface area (Å²) in [7, 11) is -0.820. The van der Waals surface area contributed by atoms with Crippen molar-refractivity contribution < 1.29 is 22.7 Å². The lowest BCUT2D eigenvalue weighted by Gasteiger charge is -2.30. The van der Waals surface area contributed by atoms with Crippen molar-refractivity contribution in [3.63, 3.8) is 0 Å². The van der Waals surface area contributed by atoms with E-state index in [4.69, 9.17) is 21.1 Å². The molecule has 0 radical (unpaired) electrons. The molecule has 0 aliphatic carbocycles. The highest BCUT2D eigenvalue weighted by molar-refractivity contribution is 7.92. The van der Waals surface area contributed by atoms with Crippen molar-refractivity contribution in [2.45, 2.75) is 26.3 Å². The van der Waals surface area contributed by atoms with Crippen molar-refractivity contribution in [2.24, 2.45) is 0 Å². The third-order valence-corrected chi connectivity index (χ3v) is 5.81. The number of carbonyl (C=O) groups is 1. The summed E-state index contributed by atoms with van der Waals surface area (Å²) in [4.78, 5) is 13.1. The van der Waals surface area contributed by atoms with E-state index < -0.39 is 22.0 Å². The van der Waals surface area contributed by atoms with E-state index in [1.165, 1.54) is 20.3 Å². The zero-order chi connectivity index (χ0) is 21.8. The van der Waals surface area contributed by atoms with Crippen molar-refractivity contribution in [1.29, 1.82) is 0 Å². The van der Waals surface area contributed by atoms with Gasteiger partial charge in [0, 0.05) is 0 Å². The lowest BCUT2D eigenvalue weighted by Crippen LogP contribution is -2.47. The number of amides is 1. The Hall–Kier alpha value is -2.45. The van der Waals surface area contributed by atoms with Crippen LogP contribution in [0.5, 0.6) is 11.5 Å². The Bertz CT molecular complexity index is 994. The molecule has 1 amide bonds. The summed E-state index contributed by atoms with van der Waals surface area (Å²) in [5.74, 6) is 0.414. The topological polar surface area (TPSA) is 84.9 Å². The summed E-state index contributed by atoms with van der Waals surface area (Å²) < 4.78 is 36.6. The van der Waals surface area contributed by atoms with Gasteiger partial charge in [0.1, 0.15) is 17.5 Å². The molecule has 7 nitrogen and oxygen atoms in total. The highest BCUT2D eigenvalue weighted by Gasteiger charge is 2.32. The van der Waals surface area contributed by atoms with E-state index in [2.05, 4.69) is 5.32 Å². The van der Waals surface area contributed by atoms with Crippen molar-refractivity contribution in [2.75, 3.05) is 30.1 Å². The van der Waals surface area contributed by atoms with Gasteiger partial charge in [-0.25, -0.2) is 8.42 Å². The zero-order valence-corrected chi connectivity index (χ0v) is 18.6. The van der Waals surface area contributed by atoms with Gasteiger partial charge < -0.3 is 14.8 Å². The molecule has 1 unspecified atom stereocenters. The average molecular weight is 441 g/mol. The Balaban J connectivity index is 2.45. The average Bonchev–Trinajstić information content (AvgIpc) is 2.65.